The van der Waals surface area contributed by atoms with Crippen molar-refractivity contribution in [2.45, 2.75) is 32.9 Å². The van der Waals surface area contributed by atoms with Crippen LogP contribution >= 0.6 is 23.5 Å². The van der Waals surface area contributed by atoms with E-state index in [9.17, 15) is 4.79 Å². The molecule has 1 aromatic rings. The second-order valence-corrected chi connectivity index (χ2v) is 6.98. The van der Waals surface area contributed by atoms with Gasteiger partial charge in [0.05, 0.1) is 6.04 Å². The lowest BCUT2D eigenvalue weighted by molar-refractivity contribution is -0.124. The van der Waals surface area contributed by atoms with Gasteiger partial charge in [0.25, 0.3) is 0 Å². The van der Waals surface area contributed by atoms with E-state index in [1.165, 1.54) is 0 Å². The van der Waals surface area contributed by atoms with Crippen molar-refractivity contribution in [1.29, 1.82) is 0 Å². The van der Waals surface area contributed by atoms with Crippen LogP contribution in [0.1, 0.15) is 25.8 Å². The number of nitrogens with zero attached hydrogens (tertiary/aromatic N) is 1. The van der Waals surface area contributed by atoms with Gasteiger partial charge in [-0.05, 0) is 24.0 Å². The third-order valence-corrected chi connectivity index (χ3v) is 4.78. The molecule has 20 heavy (non-hydrogen) atoms. The highest BCUT2D eigenvalue weighted by molar-refractivity contribution is 7.97. The summed E-state index contributed by atoms with van der Waals surface area (Å²) in [5, 5.41) is 3.71. The molecule has 3 nitrogen and oxygen atoms in total. The Balaban J connectivity index is 1.90. The standard InChI is InChI=1S/C15H21ClN2OS/c1-11(2)10-18-14(7-8-20-18)15(19)17-9-12-5-3-4-6-13(12)16/h3-6,11,14H,7-10H2,1-2H3,(H,17,19). The average Bonchev–Trinajstić information content (AvgIpc) is 2.85. The summed E-state index contributed by atoms with van der Waals surface area (Å²) in [5.74, 6) is 1.70. The van der Waals surface area contributed by atoms with E-state index in [0.29, 0.717) is 17.5 Å². The number of hydrogen-bond acceptors (Lipinski definition) is 3. The SMILES string of the molecule is CC(C)CN1SCCC1C(=O)NCc1ccccc1Cl. The second-order valence-electron chi connectivity index (χ2n) is 5.44. The Hall–Kier alpha value is -0.710. The lowest BCUT2D eigenvalue weighted by Crippen LogP contribution is -2.42. The van der Waals surface area contributed by atoms with Gasteiger partial charge in [-0.1, -0.05) is 55.6 Å². The Morgan fingerprint density at radius 1 is 1.50 bits per heavy atom. The van der Waals surface area contributed by atoms with Gasteiger partial charge in [0.15, 0.2) is 0 Å². The van der Waals surface area contributed by atoms with E-state index in [0.717, 1.165) is 24.3 Å². The van der Waals surface area contributed by atoms with Crippen LogP contribution in [0.4, 0.5) is 0 Å². The van der Waals surface area contributed by atoms with E-state index in [1.807, 2.05) is 24.3 Å². The molecule has 1 N–H and O–H groups in total. The molecule has 0 aromatic heterocycles. The molecule has 1 fully saturated rings. The van der Waals surface area contributed by atoms with E-state index < -0.39 is 0 Å². The molecule has 1 aromatic carbocycles. The molecule has 1 aliphatic rings. The third kappa shape index (κ3) is 4.14. The predicted octanol–water partition coefficient (Wildman–Crippen LogP) is 3.33. The summed E-state index contributed by atoms with van der Waals surface area (Å²) in [6.45, 7) is 5.80. The molecule has 1 aliphatic heterocycles. The number of amides is 1. The summed E-state index contributed by atoms with van der Waals surface area (Å²) >= 11 is 7.88. The van der Waals surface area contributed by atoms with Gasteiger partial charge in [0, 0.05) is 23.9 Å². The van der Waals surface area contributed by atoms with Crippen molar-refractivity contribution in [2.75, 3.05) is 12.3 Å². The zero-order chi connectivity index (χ0) is 14.5. The molecule has 110 valence electrons. The smallest absolute Gasteiger partial charge is 0.238 e. The van der Waals surface area contributed by atoms with Gasteiger partial charge in [-0.15, -0.1) is 0 Å². The Morgan fingerprint density at radius 2 is 2.25 bits per heavy atom. The Morgan fingerprint density at radius 3 is 2.95 bits per heavy atom. The topological polar surface area (TPSA) is 32.3 Å². The average molecular weight is 313 g/mol. The molecule has 0 spiro atoms. The quantitative estimate of drug-likeness (QED) is 0.846. The van der Waals surface area contributed by atoms with Crippen LogP contribution in [0.3, 0.4) is 0 Å². The second kappa shape index (κ2) is 7.34. The molecule has 0 bridgehead atoms. The van der Waals surface area contributed by atoms with Crippen LogP contribution in [0.5, 0.6) is 0 Å². The van der Waals surface area contributed by atoms with E-state index >= 15 is 0 Å². The number of carbonyl (C=O) groups excluding carboxylic acids is 1. The number of benzene rings is 1. The summed E-state index contributed by atoms with van der Waals surface area (Å²) in [5.41, 5.74) is 0.962. The Labute approximate surface area is 130 Å². The van der Waals surface area contributed by atoms with E-state index in [-0.39, 0.29) is 11.9 Å². The molecule has 0 radical (unpaired) electrons. The molecule has 1 atom stereocenters. The molecule has 1 heterocycles. The summed E-state index contributed by atoms with van der Waals surface area (Å²) < 4.78 is 2.21. The van der Waals surface area contributed by atoms with Crippen molar-refractivity contribution in [3.05, 3.63) is 34.9 Å². The maximum absolute atomic E-state index is 12.3. The highest BCUT2D eigenvalue weighted by Crippen LogP contribution is 2.28. The summed E-state index contributed by atoms with van der Waals surface area (Å²) in [6, 6.07) is 7.61. The van der Waals surface area contributed by atoms with Crippen LogP contribution in [-0.2, 0) is 11.3 Å². The van der Waals surface area contributed by atoms with Gasteiger partial charge in [-0.2, -0.15) is 0 Å². The normalized spacial score (nSPS) is 19.5. The first-order valence-electron chi connectivity index (χ1n) is 6.98. The number of halogens is 1. The lowest BCUT2D eigenvalue weighted by Gasteiger charge is -2.24. The van der Waals surface area contributed by atoms with Crippen LogP contribution in [-0.4, -0.2) is 28.6 Å². The minimum absolute atomic E-state index is 0.00936. The fourth-order valence-corrected chi connectivity index (χ4v) is 3.81. The zero-order valence-corrected chi connectivity index (χ0v) is 13.5. The maximum Gasteiger partial charge on any atom is 0.238 e. The fourth-order valence-electron chi connectivity index (χ4n) is 2.26. The fraction of sp³-hybridized carbons (Fsp3) is 0.533. The van der Waals surface area contributed by atoms with Crippen LogP contribution in [0.25, 0.3) is 0 Å². The number of nitrogens with one attached hydrogen (secondary N) is 1. The first-order chi connectivity index (χ1) is 9.58. The summed E-state index contributed by atoms with van der Waals surface area (Å²) in [6.07, 6.45) is 0.922. The van der Waals surface area contributed by atoms with Crippen molar-refractivity contribution < 1.29 is 4.79 Å². The first kappa shape index (κ1) is 15.7. The molecule has 0 aliphatic carbocycles. The van der Waals surface area contributed by atoms with E-state index in [2.05, 4.69) is 23.5 Å². The highest BCUT2D eigenvalue weighted by atomic mass is 35.5. The van der Waals surface area contributed by atoms with Crippen molar-refractivity contribution in [1.82, 2.24) is 9.62 Å². The van der Waals surface area contributed by atoms with Gasteiger partial charge >= 0.3 is 0 Å². The van der Waals surface area contributed by atoms with Gasteiger partial charge in [-0.3, -0.25) is 4.79 Å². The number of carbonyl (C=O) groups is 1. The first-order valence-corrected chi connectivity index (χ1v) is 8.30. The van der Waals surface area contributed by atoms with Crippen LogP contribution in [0.15, 0.2) is 24.3 Å². The van der Waals surface area contributed by atoms with Crippen LogP contribution in [0, 0.1) is 5.92 Å². The van der Waals surface area contributed by atoms with Gasteiger partial charge < -0.3 is 5.32 Å². The van der Waals surface area contributed by atoms with E-state index in [1.54, 1.807) is 11.9 Å². The minimum Gasteiger partial charge on any atom is -0.351 e. The summed E-state index contributed by atoms with van der Waals surface area (Å²) in [7, 11) is 0. The monoisotopic (exact) mass is 312 g/mol. The molecule has 1 amide bonds. The largest absolute Gasteiger partial charge is 0.351 e. The molecule has 2 rings (SSSR count). The van der Waals surface area contributed by atoms with Crippen molar-refractivity contribution in [3.63, 3.8) is 0 Å². The van der Waals surface area contributed by atoms with Gasteiger partial charge in [-0.25, -0.2) is 4.31 Å². The number of rotatable bonds is 5. The molecule has 5 heteroatoms. The van der Waals surface area contributed by atoms with Gasteiger partial charge in [0.1, 0.15) is 0 Å². The number of hydrogen-bond donors (Lipinski definition) is 1. The minimum atomic E-state index is -0.00936. The molecular weight excluding hydrogens is 292 g/mol. The Kier molecular flexibility index (Phi) is 5.75. The summed E-state index contributed by atoms with van der Waals surface area (Å²) in [4.78, 5) is 12.3. The third-order valence-electron chi connectivity index (χ3n) is 3.25. The van der Waals surface area contributed by atoms with E-state index in [4.69, 9.17) is 11.6 Å². The predicted molar refractivity (Wildman–Crippen MR) is 85.7 cm³/mol. The van der Waals surface area contributed by atoms with Crippen LogP contribution < -0.4 is 5.32 Å². The highest BCUT2D eigenvalue weighted by Gasteiger charge is 2.31. The molecule has 0 saturated carbocycles. The van der Waals surface area contributed by atoms with Crippen LogP contribution in [0.2, 0.25) is 5.02 Å². The van der Waals surface area contributed by atoms with Crippen molar-refractivity contribution in [2.24, 2.45) is 5.92 Å². The Bertz CT molecular complexity index is 467. The van der Waals surface area contributed by atoms with Crippen molar-refractivity contribution in [3.8, 4) is 0 Å². The zero-order valence-electron chi connectivity index (χ0n) is 11.9. The van der Waals surface area contributed by atoms with Crippen molar-refractivity contribution >= 4 is 29.5 Å². The van der Waals surface area contributed by atoms with Gasteiger partial charge in [0.2, 0.25) is 5.91 Å². The maximum atomic E-state index is 12.3. The lowest BCUT2D eigenvalue weighted by atomic mass is 10.1. The molecular formula is C15H21ClN2OS. The molecule has 1 saturated heterocycles. The molecule has 1 unspecified atom stereocenters.